The maximum absolute atomic E-state index is 8.57. The van der Waals surface area contributed by atoms with E-state index in [0.717, 1.165) is 17.1 Å². The molecule has 0 saturated carbocycles. The highest BCUT2D eigenvalue weighted by atomic mass is 16.5. The summed E-state index contributed by atoms with van der Waals surface area (Å²) in [7, 11) is 3.52. The molecule has 5 heteroatoms. The zero-order chi connectivity index (χ0) is 13.2. The van der Waals surface area contributed by atoms with Crippen LogP contribution in [0.3, 0.4) is 0 Å². The summed E-state index contributed by atoms with van der Waals surface area (Å²) in [5.74, 6) is 1.63. The monoisotopic (exact) mass is 255 g/mol. The number of aliphatic hydroxyl groups is 1. The van der Waals surface area contributed by atoms with E-state index in [2.05, 4.69) is 5.32 Å². The van der Waals surface area contributed by atoms with Gasteiger partial charge >= 0.3 is 0 Å². The fourth-order valence-electron chi connectivity index (χ4n) is 1.53. The number of ether oxygens (including phenoxy) is 3. The second kappa shape index (κ2) is 8.74. The van der Waals surface area contributed by atoms with Gasteiger partial charge in [0.25, 0.3) is 0 Å². The molecule has 0 spiro atoms. The van der Waals surface area contributed by atoms with Crippen molar-refractivity contribution in [2.45, 2.75) is 6.54 Å². The highest BCUT2D eigenvalue weighted by Crippen LogP contribution is 2.24. The minimum absolute atomic E-state index is 0.0353. The second-order valence-electron chi connectivity index (χ2n) is 3.69. The Morgan fingerprint density at radius 1 is 1.22 bits per heavy atom. The molecule has 2 N–H and O–H groups in total. The van der Waals surface area contributed by atoms with Crippen LogP contribution >= 0.6 is 0 Å². The van der Waals surface area contributed by atoms with Crippen molar-refractivity contribution >= 4 is 0 Å². The Morgan fingerprint density at radius 2 is 2.06 bits per heavy atom. The van der Waals surface area contributed by atoms with Gasteiger partial charge in [-0.05, 0) is 25.2 Å². The molecule has 18 heavy (non-hydrogen) atoms. The minimum atomic E-state index is 0.0353. The molecule has 0 radical (unpaired) electrons. The van der Waals surface area contributed by atoms with E-state index in [1.54, 1.807) is 7.11 Å². The van der Waals surface area contributed by atoms with Gasteiger partial charge in [-0.1, -0.05) is 0 Å². The number of benzene rings is 1. The van der Waals surface area contributed by atoms with Crippen molar-refractivity contribution in [3.8, 4) is 11.5 Å². The van der Waals surface area contributed by atoms with Crippen molar-refractivity contribution in [3.05, 3.63) is 23.8 Å². The van der Waals surface area contributed by atoms with Crippen LogP contribution in [0, 0.1) is 0 Å². The van der Waals surface area contributed by atoms with Crippen molar-refractivity contribution in [1.29, 1.82) is 0 Å². The van der Waals surface area contributed by atoms with Crippen LogP contribution in [0.2, 0.25) is 0 Å². The van der Waals surface area contributed by atoms with Crippen LogP contribution in [-0.4, -0.2) is 45.7 Å². The molecule has 1 aromatic rings. The predicted octanol–water partition coefficient (Wildman–Crippen LogP) is 0.802. The summed E-state index contributed by atoms with van der Waals surface area (Å²) in [6, 6.07) is 5.70. The SMILES string of the molecule is CNCc1cc(OC)ccc1OCCOCCO. The Morgan fingerprint density at radius 3 is 2.72 bits per heavy atom. The lowest BCUT2D eigenvalue weighted by molar-refractivity contribution is 0.0703. The fraction of sp³-hybridized carbons (Fsp3) is 0.538. The standard InChI is InChI=1S/C13H21NO4/c1-14-10-11-9-12(16-2)3-4-13(11)18-8-7-17-6-5-15/h3-4,9,14-15H,5-8,10H2,1-2H3. The lowest BCUT2D eigenvalue weighted by Gasteiger charge is -2.12. The molecule has 0 aliphatic carbocycles. The number of rotatable bonds is 9. The van der Waals surface area contributed by atoms with Crippen LogP contribution < -0.4 is 14.8 Å². The lowest BCUT2D eigenvalue weighted by Crippen LogP contribution is -2.12. The molecule has 5 nitrogen and oxygen atoms in total. The topological polar surface area (TPSA) is 60.0 Å². The molecule has 0 aromatic heterocycles. The van der Waals surface area contributed by atoms with E-state index in [1.807, 2.05) is 25.2 Å². The van der Waals surface area contributed by atoms with Crippen LogP contribution in [0.1, 0.15) is 5.56 Å². The molecular formula is C13H21NO4. The van der Waals surface area contributed by atoms with Gasteiger partial charge in [0.15, 0.2) is 0 Å². The largest absolute Gasteiger partial charge is 0.497 e. The average Bonchev–Trinajstić information content (AvgIpc) is 2.40. The predicted molar refractivity (Wildman–Crippen MR) is 69.2 cm³/mol. The molecule has 0 aliphatic heterocycles. The highest BCUT2D eigenvalue weighted by Gasteiger charge is 2.05. The first-order valence-corrected chi connectivity index (χ1v) is 5.94. The Labute approximate surface area is 108 Å². The van der Waals surface area contributed by atoms with Crippen LogP contribution in [0.4, 0.5) is 0 Å². The van der Waals surface area contributed by atoms with E-state index in [0.29, 0.717) is 26.4 Å². The highest BCUT2D eigenvalue weighted by molar-refractivity contribution is 5.40. The smallest absolute Gasteiger partial charge is 0.124 e. The number of hydrogen-bond donors (Lipinski definition) is 2. The molecular weight excluding hydrogens is 234 g/mol. The summed E-state index contributed by atoms with van der Waals surface area (Å²) in [6.07, 6.45) is 0. The van der Waals surface area contributed by atoms with Crippen molar-refractivity contribution in [2.75, 3.05) is 40.6 Å². The van der Waals surface area contributed by atoms with Gasteiger partial charge in [-0.2, -0.15) is 0 Å². The third-order valence-corrected chi connectivity index (χ3v) is 2.36. The van der Waals surface area contributed by atoms with Crippen molar-refractivity contribution < 1.29 is 19.3 Å². The second-order valence-corrected chi connectivity index (χ2v) is 3.69. The first-order chi connectivity index (χ1) is 8.81. The van der Waals surface area contributed by atoms with Crippen molar-refractivity contribution in [3.63, 3.8) is 0 Å². The van der Waals surface area contributed by atoms with Crippen molar-refractivity contribution in [2.24, 2.45) is 0 Å². The maximum atomic E-state index is 8.57. The summed E-state index contributed by atoms with van der Waals surface area (Å²) in [5, 5.41) is 11.7. The molecule has 1 rings (SSSR count). The molecule has 0 fully saturated rings. The molecule has 0 unspecified atom stereocenters. The number of aliphatic hydroxyl groups excluding tert-OH is 1. The first kappa shape index (κ1) is 14.8. The van der Waals surface area contributed by atoms with E-state index in [-0.39, 0.29) is 6.61 Å². The van der Waals surface area contributed by atoms with Gasteiger partial charge in [0.05, 0.1) is 26.9 Å². The molecule has 0 amide bonds. The average molecular weight is 255 g/mol. The summed E-state index contributed by atoms with van der Waals surface area (Å²) >= 11 is 0. The molecule has 102 valence electrons. The van der Waals surface area contributed by atoms with Crippen molar-refractivity contribution in [1.82, 2.24) is 5.32 Å². The Balaban J connectivity index is 2.52. The van der Waals surface area contributed by atoms with Crippen LogP contribution in [0.25, 0.3) is 0 Å². The molecule has 0 aliphatic rings. The first-order valence-electron chi connectivity index (χ1n) is 5.94. The third-order valence-electron chi connectivity index (χ3n) is 2.36. The van der Waals surface area contributed by atoms with Crippen LogP contribution in [0.5, 0.6) is 11.5 Å². The molecule has 1 aromatic carbocycles. The van der Waals surface area contributed by atoms with E-state index < -0.39 is 0 Å². The van der Waals surface area contributed by atoms with E-state index >= 15 is 0 Å². The Kier molecular flexibility index (Phi) is 7.17. The van der Waals surface area contributed by atoms with Crippen LogP contribution in [0.15, 0.2) is 18.2 Å². The van der Waals surface area contributed by atoms with Gasteiger partial charge in [-0.25, -0.2) is 0 Å². The zero-order valence-corrected chi connectivity index (χ0v) is 10.9. The minimum Gasteiger partial charge on any atom is -0.497 e. The van der Waals surface area contributed by atoms with Crippen LogP contribution in [-0.2, 0) is 11.3 Å². The summed E-state index contributed by atoms with van der Waals surface area (Å²) in [6.45, 7) is 2.02. The molecule has 0 heterocycles. The Hall–Kier alpha value is -1.30. The van der Waals surface area contributed by atoms with Gasteiger partial charge in [0, 0.05) is 12.1 Å². The number of hydrogen-bond acceptors (Lipinski definition) is 5. The van der Waals surface area contributed by atoms with Gasteiger partial charge < -0.3 is 24.6 Å². The number of nitrogens with one attached hydrogen (secondary N) is 1. The number of methoxy groups -OCH3 is 1. The van der Waals surface area contributed by atoms with Gasteiger partial charge in [0.2, 0.25) is 0 Å². The fourth-order valence-corrected chi connectivity index (χ4v) is 1.53. The van der Waals surface area contributed by atoms with Gasteiger partial charge in [-0.15, -0.1) is 0 Å². The molecule has 0 saturated heterocycles. The summed E-state index contributed by atoms with van der Waals surface area (Å²) in [5.41, 5.74) is 1.04. The molecule has 0 bridgehead atoms. The normalized spacial score (nSPS) is 10.4. The Bertz CT molecular complexity index is 344. The van der Waals surface area contributed by atoms with E-state index in [4.69, 9.17) is 19.3 Å². The maximum Gasteiger partial charge on any atom is 0.124 e. The molecule has 0 atom stereocenters. The van der Waals surface area contributed by atoms with E-state index in [9.17, 15) is 0 Å². The van der Waals surface area contributed by atoms with Gasteiger partial charge in [0.1, 0.15) is 18.1 Å². The lowest BCUT2D eigenvalue weighted by atomic mass is 10.2. The zero-order valence-electron chi connectivity index (χ0n) is 10.9. The summed E-state index contributed by atoms with van der Waals surface area (Å²) < 4.78 is 15.9. The van der Waals surface area contributed by atoms with Gasteiger partial charge in [-0.3, -0.25) is 0 Å². The summed E-state index contributed by atoms with van der Waals surface area (Å²) in [4.78, 5) is 0. The van der Waals surface area contributed by atoms with E-state index in [1.165, 1.54) is 0 Å². The third kappa shape index (κ3) is 4.91. The quantitative estimate of drug-likeness (QED) is 0.639.